The number of hydrogen-bond donors (Lipinski definition) is 0. The lowest BCUT2D eigenvalue weighted by Crippen LogP contribution is -2.31. The molecule has 1 aliphatic heterocycles. The lowest BCUT2D eigenvalue weighted by Gasteiger charge is -2.34. The average Bonchev–Trinajstić information content (AvgIpc) is 2.55. The Labute approximate surface area is 134 Å². The second-order valence-electron chi connectivity index (χ2n) is 5.05. The molecule has 0 fully saturated rings. The number of methoxy groups -OCH3 is 1. The van der Waals surface area contributed by atoms with Crippen LogP contribution in [0, 0.1) is 0 Å². The molecule has 3 rings (SSSR count). The summed E-state index contributed by atoms with van der Waals surface area (Å²) in [5.41, 5.74) is 3.13. The third kappa shape index (κ3) is 2.46. The number of benzene rings is 2. The van der Waals surface area contributed by atoms with E-state index < -0.39 is 0 Å². The fourth-order valence-electron chi connectivity index (χ4n) is 2.62. The molecule has 2 aromatic rings. The molecule has 0 radical (unpaired) electrons. The molecule has 112 valence electrons. The van der Waals surface area contributed by atoms with Crippen LogP contribution in [-0.2, 0) is 4.74 Å². The summed E-state index contributed by atoms with van der Waals surface area (Å²) in [4.78, 5) is 18.2. The van der Waals surface area contributed by atoms with Gasteiger partial charge in [0.1, 0.15) is 11.2 Å². The van der Waals surface area contributed by atoms with Gasteiger partial charge < -0.3 is 9.64 Å². The van der Waals surface area contributed by atoms with Crippen molar-refractivity contribution in [2.45, 2.75) is 6.04 Å². The average molecular weight is 315 g/mol. The van der Waals surface area contributed by atoms with Gasteiger partial charge in [0.05, 0.1) is 24.0 Å². The number of carbonyl (C=O) groups is 1. The van der Waals surface area contributed by atoms with Crippen molar-refractivity contribution in [1.82, 2.24) is 0 Å². The first-order valence-corrected chi connectivity index (χ1v) is 7.24. The Bertz CT molecular complexity index is 744. The molecule has 0 aliphatic carbocycles. The standard InChI is InChI=1S/C17H15ClN2O2/c1-20-14-10-12(17(21)22-2)8-9-13(14)19-16(18)15(20)11-6-4-3-5-7-11/h3-10,15H,1-2H3/t15-/m1/s1. The molecule has 0 bridgehead atoms. The number of carbonyl (C=O) groups excluding carboxylic acids is 1. The molecule has 4 nitrogen and oxygen atoms in total. The lowest BCUT2D eigenvalue weighted by molar-refractivity contribution is 0.0601. The van der Waals surface area contributed by atoms with Crippen LogP contribution in [0.3, 0.4) is 0 Å². The molecule has 1 heterocycles. The van der Waals surface area contributed by atoms with Crippen molar-refractivity contribution >= 4 is 34.1 Å². The summed E-state index contributed by atoms with van der Waals surface area (Å²) in [6, 6.07) is 15.0. The number of ether oxygens (including phenoxy) is 1. The highest BCUT2D eigenvalue weighted by Gasteiger charge is 2.28. The van der Waals surface area contributed by atoms with Crippen molar-refractivity contribution < 1.29 is 9.53 Å². The first kappa shape index (κ1) is 14.6. The van der Waals surface area contributed by atoms with E-state index >= 15 is 0 Å². The highest BCUT2D eigenvalue weighted by atomic mass is 35.5. The van der Waals surface area contributed by atoms with E-state index in [2.05, 4.69) is 4.99 Å². The Morgan fingerprint density at radius 1 is 1.23 bits per heavy atom. The molecular weight excluding hydrogens is 300 g/mol. The van der Waals surface area contributed by atoms with E-state index in [9.17, 15) is 4.79 Å². The van der Waals surface area contributed by atoms with E-state index in [-0.39, 0.29) is 12.0 Å². The van der Waals surface area contributed by atoms with Gasteiger partial charge in [-0.2, -0.15) is 0 Å². The molecule has 0 saturated carbocycles. The third-order valence-corrected chi connectivity index (χ3v) is 4.02. The molecule has 1 aliphatic rings. The normalized spacial score (nSPS) is 16.8. The summed E-state index contributed by atoms with van der Waals surface area (Å²) in [5.74, 6) is -0.367. The summed E-state index contributed by atoms with van der Waals surface area (Å²) >= 11 is 6.39. The Balaban J connectivity index is 2.07. The molecule has 5 heteroatoms. The minimum Gasteiger partial charge on any atom is -0.465 e. The van der Waals surface area contributed by atoms with E-state index in [1.807, 2.05) is 42.3 Å². The Hall–Kier alpha value is -2.33. The van der Waals surface area contributed by atoms with Crippen LogP contribution in [0.15, 0.2) is 53.5 Å². The lowest BCUT2D eigenvalue weighted by atomic mass is 10.0. The zero-order valence-corrected chi connectivity index (χ0v) is 13.0. The van der Waals surface area contributed by atoms with Gasteiger partial charge in [-0.1, -0.05) is 41.9 Å². The van der Waals surface area contributed by atoms with Gasteiger partial charge in [-0.15, -0.1) is 0 Å². The van der Waals surface area contributed by atoms with Crippen LogP contribution in [0.1, 0.15) is 22.0 Å². The maximum atomic E-state index is 11.7. The van der Waals surface area contributed by atoms with Gasteiger partial charge in [-0.05, 0) is 23.8 Å². The number of aliphatic imine (C=N–C) groups is 1. The molecular formula is C17H15ClN2O2. The van der Waals surface area contributed by atoms with E-state index in [0.717, 1.165) is 16.9 Å². The minimum absolute atomic E-state index is 0.164. The highest BCUT2D eigenvalue weighted by Crippen LogP contribution is 2.40. The Morgan fingerprint density at radius 2 is 1.95 bits per heavy atom. The van der Waals surface area contributed by atoms with Gasteiger partial charge in [0, 0.05) is 7.05 Å². The molecule has 1 atom stereocenters. The zero-order chi connectivity index (χ0) is 15.7. The van der Waals surface area contributed by atoms with Crippen LogP contribution < -0.4 is 4.90 Å². The maximum Gasteiger partial charge on any atom is 0.337 e. The molecule has 0 aromatic heterocycles. The zero-order valence-electron chi connectivity index (χ0n) is 12.3. The van der Waals surface area contributed by atoms with Crippen LogP contribution in [0.4, 0.5) is 11.4 Å². The van der Waals surface area contributed by atoms with Crippen LogP contribution in [0.2, 0.25) is 0 Å². The summed E-state index contributed by atoms with van der Waals surface area (Å²) < 4.78 is 4.78. The second kappa shape index (κ2) is 5.81. The van der Waals surface area contributed by atoms with Gasteiger partial charge in [0.15, 0.2) is 0 Å². The molecule has 0 amide bonds. The van der Waals surface area contributed by atoms with Crippen molar-refractivity contribution in [1.29, 1.82) is 0 Å². The molecule has 22 heavy (non-hydrogen) atoms. The molecule has 0 saturated heterocycles. The summed E-state index contributed by atoms with van der Waals surface area (Å²) in [6.07, 6.45) is 0. The smallest absolute Gasteiger partial charge is 0.337 e. The van der Waals surface area contributed by atoms with Crippen molar-refractivity contribution in [2.24, 2.45) is 4.99 Å². The fourth-order valence-corrected chi connectivity index (χ4v) is 2.98. The highest BCUT2D eigenvalue weighted by molar-refractivity contribution is 6.67. The van der Waals surface area contributed by atoms with E-state index in [1.165, 1.54) is 7.11 Å². The number of esters is 1. The SMILES string of the molecule is COC(=O)c1ccc2c(c1)N(C)[C@H](c1ccccc1)C(Cl)=N2. The predicted molar refractivity (Wildman–Crippen MR) is 88.3 cm³/mol. The van der Waals surface area contributed by atoms with Crippen molar-refractivity contribution in [3.8, 4) is 0 Å². The number of anilines is 1. The van der Waals surface area contributed by atoms with Crippen molar-refractivity contribution in [3.63, 3.8) is 0 Å². The summed E-state index contributed by atoms with van der Waals surface area (Å²) in [6.45, 7) is 0. The minimum atomic E-state index is -0.367. The largest absolute Gasteiger partial charge is 0.465 e. The van der Waals surface area contributed by atoms with Gasteiger partial charge in [-0.3, -0.25) is 0 Å². The number of halogens is 1. The second-order valence-corrected chi connectivity index (χ2v) is 5.44. The third-order valence-electron chi connectivity index (χ3n) is 3.73. The Morgan fingerprint density at radius 3 is 2.64 bits per heavy atom. The molecule has 0 N–H and O–H groups in total. The first-order chi connectivity index (χ1) is 10.6. The van der Waals surface area contributed by atoms with Crippen molar-refractivity contribution in [2.75, 3.05) is 19.1 Å². The number of fused-ring (bicyclic) bond motifs is 1. The number of nitrogens with zero attached hydrogens (tertiary/aromatic N) is 2. The monoisotopic (exact) mass is 314 g/mol. The maximum absolute atomic E-state index is 11.7. The van der Waals surface area contributed by atoms with Crippen LogP contribution >= 0.6 is 11.6 Å². The van der Waals surface area contributed by atoms with Crippen LogP contribution in [-0.4, -0.2) is 25.3 Å². The molecule has 0 unspecified atom stereocenters. The van der Waals surface area contributed by atoms with Crippen LogP contribution in [0.25, 0.3) is 0 Å². The topological polar surface area (TPSA) is 41.9 Å². The first-order valence-electron chi connectivity index (χ1n) is 6.86. The predicted octanol–water partition coefficient (Wildman–Crippen LogP) is 3.93. The van der Waals surface area contributed by atoms with Crippen molar-refractivity contribution in [3.05, 3.63) is 59.7 Å². The van der Waals surface area contributed by atoms with Gasteiger partial charge in [0.25, 0.3) is 0 Å². The molecule has 0 spiro atoms. The Kier molecular flexibility index (Phi) is 3.86. The summed E-state index contributed by atoms with van der Waals surface area (Å²) in [7, 11) is 3.31. The van der Waals surface area contributed by atoms with Gasteiger partial charge in [-0.25, -0.2) is 9.79 Å². The number of hydrogen-bond acceptors (Lipinski definition) is 4. The fraction of sp³-hybridized carbons (Fsp3) is 0.176. The quantitative estimate of drug-likeness (QED) is 0.789. The van der Waals surface area contributed by atoms with E-state index in [0.29, 0.717) is 10.7 Å². The van der Waals surface area contributed by atoms with E-state index in [1.54, 1.807) is 18.2 Å². The van der Waals surface area contributed by atoms with E-state index in [4.69, 9.17) is 16.3 Å². The van der Waals surface area contributed by atoms with Gasteiger partial charge >= 0.3 is 5.97 Å². The number of rotatable bonds is 2. The molecule has 2 aromatic carbocycles. The van der Waals surface area contributed by atoms with Crippen LogP contribution in [0.5, 0.6) is 0 Å². The summed E-state index contributed by atoms with van der Waals surface area (Å²) in [5, 5.41) is 0.506. The van der Waals surface area contributed by atoms with Gasteiger partial charge in [0.2, 0.25) is 0 Å².